The lowest BCUT2D eigenvalue weighted by Crippen LogP contribution is -2.39. The Hall–Kier alpha value is -1.10. The molecule has 1 rings (SSSR count). The predicted molar refractivity (Wildman–Crippen MR) is 58.0 cm³/mol. The number of aliphatic carboxylic acids is 1. The van der Waals surface area contributed by atoms with Crippen LogP contribution in [-0.2, 0) is 14.3 Å². The van der Waals surface area contributed by atoms with E-state index in [0.717, 1.165) is 19.3 Å². The lowest BCUT2D eigenvalue weighted by Gasteiger charge is -2.18. The summed E-state index contributed by atoms with van der Waals surface area (Å²) in [7, 11) is 1.61. The molecule has 5 heteroatoms. The van der Waals surface area contributed by atoms with E-state index in [1.54, 1.807) is 14.0 Å². The fourth-order valence-electron chi connectivity index (χ4n) is 1.73. The molecule has 0 spiro atoms. The van der Waals surface area contributed by atoms with Crippen molar-refractivity contribution in [1.82, 2.24) is 5.32 Å². The van der Waals surface area contributed by atoms with Crippen LogP contribution in [0.3, 0.4) is 0 Å². The molecule has 0 aromatic rings. The van der Waals surface area contributed by atoms with E-state index in [4.69, 9.17) is 9.84 Å². The molecule has 5 nitrogen and oxygen atoms in total. The second kappa shape index (κ2) is 5.30. The summed E-state index contributed by atoms with van der Waals surface area (Å²) in [6.07, 6.45) is 2.44. The molecule has 1 atom stereocenters. The van der Waals surface area contributed by atoms with Gasteiger partial charge in [0.15, 0.2) is 0 Å². The number of methoxy groups -OCH3 is 1. The average Bonchev–Trinajstić information content (AvgIpc) is 2.94. The van der Waals surface area contributed by atoms with Gasteiger partial charge in [0.25, 0.3) is 0 Å². The number of ether oxygens (including phenoxy) is 1. The number of carbonyl (C=O) groups is 2. The monoisotopic (exact) mass is 229 g/mol. The largest absolute Gasteiger partial charge is 0.481 e. The van der Waals surface area contributed by atoms with Crippen LogP contribution in [0.25, 0.3) is 0 Å². The second-order valence-corrected chi connectivity index (χ2v) is 4.50. The predicted octanol–water partition coefficient (Wildman–Crippen LogP) is 0.782. The number of hydrogen-bond donors (Lipinski definition) is 2. The number of carboxylic acid groups (broad SMARTS) is 1. The molecule has 1 fully saturated rings. The van der Waals surface area contributed by atoms with E-state index in [0.29, 0.717) is 6.61 Å². The van der Waals surface area contributed by atoms with Crippen molar-refractivity contribution in [1.29, 1.82) is 0 Å². The molecule has 1 aliphatic rings. The van der Waals surface area contributed by atoms with Gasteiger partial charge >= 0.3 is 5.97 Å². The molecule has 1 unspecified atom stereocenters. The van der Waals surface area contributed by atoms with Crippen molar-refractivity contribution in [2.24, 2.45) is 5.41 Å². The van der Waals surface area contributed by atoms with Gasteiger partial charge in [0.2, 0.25) is 5.91 Å². The molecule has 0 aromatic heterocycles. The third kappa shape index (κ3) is 3.48. The fourth-order valence-corrected chi connectivity index (χ4v) is 1.73. The number of carbonyl (C=O) groups excluding carboxylic acids is 1. The third-order valence-corrected chi connectivity index (χ3v) is 2.98. The molecule has 1 amide bonds. The maximum atomic E-state index is 11.9. The number of rotatable bonds is 7. The normalized spacial score (nSPS) is 18.9. The van der Waals surface area contributed by atoms with E-state index in [1.807, 2.05) is 0 Å². The zero-order valence-electron chi connectivity index (χ0n) is 9.78. The summed E-state index contributed by atoms with van der Waals surface area (Å²) >= 11 is 0. The molecular formula is C11H19NO4. The Bertz CT molecular complexity index is 273. The molecule has 1 aliphatic carbocycles. The van der Waals surface area contributed by atoms with Crippen LogP contribution in [0.5, 0.6) is 0 Å². The highest BCUT2D eigenvalue weighted by atomic mass is 16.5. The molecule has 1 saturated carbocycles. The van der Waals surface area contributed by atoms with Gasteiger partial charge < -0.3 is 15.2 Å². The summed E-state index contributed by atoms with van der Waals surface area (Å²) in [5.74, 6) is -0.923. The van der Waals surface area contributed by atoms with Crippen LogP contribution >= 0.6 is 0 Å². The van der Waals surface area contributed by atoms with Crippen LogP contribution in [-0.4, -0.2) is 36.7 Å². The van der Waals surface area contributed by atoms with Crippen molar-refractivity contribution in [3.05, 3.63) is 0 Å². The first-order valence-corrected chi connectivity index (χ1v) is 5.52. The number of carboxylic acids is 1. The summed E-state index contributed by atoms with van der Waals surface area (Å²) < 4.78 is 4.96. The standard InChI is InChI=1S/C11H19NO4/c1-8(7-9(13)14)12-10(15)11(3-4-11)5-6-16-2/h8H,3-7H2,1-2H3,(H,12,15)(H,13,14). The molecule has 16 heavy (non-hydrogen) atoms. The Morgan fingerprint density at radius 3 is 2.56 bits per heavy atom. The molecular weight excluding hydrogens is 210 g/mol. The zero-order valence-corrected chi connectivity index (χ0v) is 9.78. The quantitative estimate of drug-likeness (QED) is 0.676. The highest BCUT2D eigenvalue weighted by molar-refractivity contribution is 5.85. The topological polar surface area (TPSA) is 75.6 Å². The highest BCUT2D eigenvalue weighted by Gasteiger charge is 2.49. The first-order valence-electron chi connectivity index (χ1n) is 5.52. The van der Waals surface area contributed by atoms with Crippen LogP contribution in [0.2, 0.25) is 0 Å². The van der Waals surface area contributed by atoms with Gasteiger partial charge in [-0.05, 0) is 26.2 Å². The molecule has 0 aromatic carbocycles. The van der Waals surface area contributed by atoms with E-state index in [2.05, 4.69) is 5.32 Å². The van der Waals surface area contributed by atoms with E-state index in [9.17, 15) is 9.59 Å². The van der Waals surface area contributed by atoms with Gasteiger partial charge in [-0.15, -0.1) is 0 Å². The molecule has 2 N–H and O–H groups in total. The average molecular weight is 229 g/mol. The number of hydrogen-bond acceptors (Lipinski definition) is 3. The smallest absolute Gasteiger partial charge is 0.305 e. The van der Waals surface area contributed by atoms with Crippen molar-refractivity contribution >= 4 is 11.9 Å². The molecule has 0 heterocycles. The van der Waals surface area contributed by atoms with E-state index in [-0.39, 0.29) is 23.8 Å². The minimum atomic E-state index is -0.894. The van der Waals surface area contributed by atoms with Gasteiger partial charge in [0, 0.05) is 19.8 Å². The summed E-state index contributed by atoms with van der Waals surface area (Å²) in [5.41, 5.74) is -0.289. The Kier molecular flexibility index (Phi) is 4.29. The first kappa shape index (κ1) is 13.0. The van der Waals surface area contributed by atoms with Gasteiger partial charge in [-0.1, -0.05) is 0 Å². The van der Waals surface area contributed by atoms with Crippen molar-refractivity contribution in [3.8, 4) is 0 Å². The van der Waals surface area contributed by atoms with Crippen LogP contribution in [0.15, 0.2) is 0 Å². The van der Waals surface area contributed by atoms with Gasteiger partial charge in [0.05, 0.1) is 11.8 Å². The van der Waals surface area contributed by atoms with Gasteiger partial charge in [0.1, 0.15) is 0 Å². The maximum absolute atomic E-state index is 11.9. The minimum absolute atomic E-state index is 0.0294. The van der Waals surface area contributed by atoms with E-state index >= 15 is 0 Å². The van der Waals surface area contributed by atoms with Crippen molar-refractivity contribution in [3.63, 3.8) is 0 Å². The van der Waals surface area contributed by atoms with Crippen molar-refractivity contribution in [2.45, 2.75) is 38.6 Å². The molecule has 0 aliphatic heterocycles. The Morgan fingerprint density at radius 2 is 2.12 bits per heavy atom. The van der Waals surface area contributed by atoms with Gasteiger partial charge in [-0.25, -0.2) is 0 Å². The van der Waals surface area contributed by atoms with Crippen LogP contribution in [0.4, 0.5) is 0 Å². The summed E-state index contributed by atoms with van der Waals surface area (Å²) in [4.78, 5) is 22.3. The number of amides is 1. The molecule has 92 valence electrons. The second-order valence-electron chi connectivity index (χ2n) is 4.50. The SMILES string of the molecule is COCCC1(C(=O)NC(C)CC(=O)O)CC1. The van der Waals surface area contributed by atoms with Crippen LogP contribution in [0, 0.1) is 5.41 Å². The summed E-state index contributed by atoms with van der Waals surface area (Å²) in [5, 5.41) is 11.3. The summed E-state index contributed by atoms with van der Waals surface area (Å²) in [6, 6.07) is -0.315. The fraction of sp³-hybridized carbons (Fsp3) is 0.818. The van der Waals surface area contributed by atoms with Gasteiger partial charge in [-0.2, -0.15) is 0 Å². The van der Waals surface area contributed by atoms with E-state index < -0.39 is 5.97 Å². The Balaban J connectivity index is 2.37. The molecule has 0 bridgehead atoms. The lowest BCUT2D eigenvalue weighted by atomic mass is 10.0. The highest BCUT2D eigenvalue weighted by Crippen LogP contribution is 2.49. The molecule has 0 saturated heterocycles. The third-order valence-electron chi connectivity index (χ3n) is 2.98. The first-order chi connectivity index (χ1) is 7.50. The summed E-state index contributed by atoms with van der Waals surface area (Å²) in [6.45, 7) is 2.28. The van der Waals surface area contributed by atoms with Crippen molar-refractivity contribution < 1.29 is 19.4 Å². The Morgan fingerprint density at radius 1 is 1.50 bits per heavy atom. The van der Waals surface area contributed by atoms with E-state index in [1.165, 1.54) is 0 Å². The van der Waals surface area contributed by atoms with Crippen LogP contribution < -0.4 is 5.32 Å². The van der Waals surface area contributed by atoms with Gasteiger partial charge in [-0.3, -0.25) is 9.59 Å². The van der Waals surface area contributed by atoms with Crippen LogP contribution in [0.1, 0.15) is 32.6 Å². The Labute approximate surface area is 95.2 Å². The lowest BCUT2D eigenvalue weighted by molar-refractivity contribution is -0.137. The van der Waals surface area contributed by atoms with Crippen molar-refractivity contribution in [2.75, 3.05) is 13.7 Å². The maximum Gasteiger partial charge on any atom is 0.305 e. The minimum Gasteiger partial charge on any atom is -0.481 e. The zero-order chi connectivity index (χ0) is 12.2. The molecule has 0 radical (unpaired) electrons. The number of nitrogens with one attached hydrogen (secondary N) is 1.